The first-order valence-corrected chi connectivity index (χ1v) is 7.29. The number of hydrogen-bond acceptors (Lipinski definition) is 5. The Balaban J connectivity index is 1.90. The van der Waals surface area contributed by atoms with Crippen molar-refractivity contribution < 1.29 is 14.3 Å². The number of benzene rings is 1. The van der Waals surface area contributed by atoms with E-state index in [1.807, 2.05) is 12.3 Å². The Morgan fingerprint density at radius 2 is 2.10 bits per heavy atom. The highest BCUT2D eigenvalue weighted by Crippen LogP contribution is 2.39. The second-order valence-electron chi connectivity index (χ2n) is 4.12. The van der Waals surface area contributed by atoms with Gasteiger partial charge in [0.25, 0.3) is 5.91 Å². The van der Waals surface area contributed by atoms with Crippen LogP contribution in [0.1, 0.15) is 10.5 Å². The lowest BCUT2D eigenvalue weighted by atomic mass is 10.2. The molecule has 2 aromatic rings. The third-order valence-corrected chi connectivity index (χ3v) is 3.64. The van der Waals surface area contributed by atoms with Crippen LogP contribution in [0.15, 0.2) is 29.3 Å². The zero-order valence-electron chi connectivity index (χ0n) is 10.8. The first-order chi connectivity index (χ1) is 9.78. The van der Waals surface area contributed by atoms with Crippen LogP contribution in [-0.2, 0) is 0 Å². The van der Waals surface area contributed by atoms with Crippen molar-refractivity contribution in [1.29, 1.82) is 0 Å². The number of H-pyrrole nitrogens is 1. The molecule has 104 valence electrons. The van der Waals surface area contributed by atoms with Crippen LogP contribution in [0.3, 0.4) is 0 Å². The van der Waals surface area contributed by atoms with Crippen molar-refractivity contribution in [3.63, 3.8) is 0 Å². The molecule has 0 atom stereocenters. The smallest absolute Gasteiger partial charge is 0.273 e. The molecule has 20 heavy (non-hydrogen) atoms. The number of anilines is 1. The molecule has 1 aliphatic rings. The van der Waals surface area contributed by atoms with Gasteiger partial charge < -0.3 is 14.8 Å². The zero-order chi connectivity index (χ0) is 13.9. The van der Waals surface area contributed by atoms with Crippen molar-refractivity contribution in [3.8, 4) is 11.5 Å². The molecule has 3 rings (SSSR count). The number of nitrogens with one attached hydrogen (secondary N) is 2. The van der Waals surface area contributed by atoms with Crippen LogP contribution in [0, 0.1) is 0 Å². The van der Waals surface area contributed by atoms with E-state index < -0.39 is 0 Å². The molecule has 1 aliphatic heterocycles. The van der Waals surface area contributed by atoms with E-state index in [1.54, 1.807) is 12.1 Å². The topological polar surface area (TPSA) is 76.2 Å². The van der Waals surface area contributed by atoms with Crippen molar-refractivity contribution in [2.45, 2.75) is 4.90 Å². The minimum atomic E-state index is -0.241. The van der Waals surface area contributed by atoms with Crippen molar-refractivity contribution in [1.82, 2.24) is 10.2 Å². The average Bonchev–Trinajstić information content (AvgIpc) is 3.01. The summed E-state index contributed by atoms with van der Waals surface area (Å²) in [6.07, 6.45) is 3.48. The highest BCUT2D eigenvalue weighted by Gasteiger charge is 2.17. The van der Waals surface area contributed by atoms with E-state index in [1.165, 1.54) is 18.0 Å². The molecule has 0 bridgehead atoms. The lowest BCUT2D eigenvalue weighted by molar-refractivity contribution is 0.102. The van der Waals surface area contributed by atoms with Gasteiger partial charge in [-0.1, -0.05) is 0 Å². The van der Waals surface area contributed by atoms with Gasteiger partial charge in [0.1, 0.15) is 18.9 Å². The summed E-state index contributed by atoms with van der Waals surface area (Å²) in [7, 11) is 0. The fourth-order valence-electron chi connectivity index (χ4n) is 1.91. The number of amides is 1. The lowest BCUT2D eigenvalue weighted by Crippen LogP contribution is -2.17. The van der Waals surface area contributed by atoms with Crippen molar-refractivity contribution >= 4 is 23.4 Å². The summed E-state index contributed by atoms with van der Waals surface area (Å²) < 4.78 is 11.1. The summed E-state index contributed by atoms with van der Waals surface area (Å²) >= 11 is 1.53. The molecule has 6 nitrogen and oxygen atoms in total. The van der Waals surface area contributed by atoms with E-state index >= 15 is 0 Å². The predicted octanol–water partition coefficient (Wildman–Crippen LogP) is 2.16. The molecule has 0 fully saturated rings. The number of hydrogen-bond donors (Lipinski definition) is 2. The van der Waals surface area contributed by atoms with Gasteiger partial charge in [0.05, 0.1) is 5.69 Å². The second kappa shape index (κ2) is 5.46. The number of nitrogens with zero attached hydrogens (tertiary/aromatic N) is 1. The Morgan fingerprint density at radius 1 is 1.35 bits per heavy atom. The SMILES string of the molecule is CSc1cc2c(cc1NC(=O)c1ccn[nH]1)OCCO2. The number of thioether (sulfide) groups is 1. The molecule has 7 heteroatoms. The van der Waals surface area contributed by atoms with Crippen molar-refractivity contribution in [2.24, 2.45) is 0 Å². The molecule has 0 aliphatic carbocycles. The number of ether oxygens (including phenoxy) is 2. The summed E-state index contributed by atoms with van der Waals surface area (Å²) in [5, 5.41) is 9.24. The molecule has 0 radical (unpaired) electrons. The fraction of sp³-hybridized carbons (Fsp3) is 0.231. The third-order valence-electron chi connectivity index (χ3n) is 2.86. The monoisotopic (exact) mass is 291 g/mol. The third kappa shape index (κ3) is 2.44. The Bertz CT molecular complexity index is 628. The first kappa shape index (κ1) is 12.9. The molecule has 0 spiro atoms. The summed E-state index contributed by atoms with van der Waals surface area (Å²) in [4.78, 5) is 13.0. The Labute approximate surface area is 119 Å². The van der Waals surface area contributed by atoms with Crippen LogP contribution in [-0.4, -0.2) is 35.6 Å². The molecule has 2 N–H and O–H groups in total. The molecular weight excluding hydrogens is 278 g/mol. The molecular formula is C13H13N3O3S. The van der Waals surface area contributed by atoms with Crippen LogP contribution < -0.4 is 14.8 Å². The molecule has 1 amide bonds. The van der Waals surface area contributed by atoms with Crippen LogP contribution in [0.5, 0.6) is 11.5 Å². The standard InChI is InChI=1S/C13H13N3O3S/c1-20-12-7-11-10(18-4-5-19-11)6-9(12)15-13(17)8-2-3-14-16-8/h2-3,6-7H,4-5H2,1H3,(H,14,16)(H,15,17). The molecule has 0 unspecified atom stereocenters. The van der Waals surface area contributed by atoms with E-state index in [0.29, 0.717) is 36.1 Å². The van der Waals surface area contributed by atoms with E-state index in [4.69, 9.17) is 9.47 Å². The van der Waals surface area contributed by atoms with Gasteiger partial charge in [-0.3, -0.25) is 9.89 Å². The number of aromatic amines is 1. The van der Waals surface area contributed by atoms with E-state index in [-0.39, 0.29) is 5.91 Å². The summed E-state index contributed by atoms with van der Waals surface area (Å²) in [6.45, 7) is 1.06. The van der Waals surface area contributed by atoms with Crippen LogP contribution >= 0.6 is 11.8 Å². The van der Waals surface area contributed by atoms with Gasteiger partial charge in [0.2, 0.25) is 0 Å². The Morgan fingerprint density at radius 3 is 2.75 bits per heavy atom. The maximum absolute atomic E-state index is 12.0. The highest BCUT2D eigenvalue weighted by atomic mass is 32.2. The minimum absolute atomic E-state index is 0.241. The number of fused-ring (bicyclic) bond motifs is 1. The average molecular weight is 291 g/mol. The minimum Gasteiger partial charge on any atom is -0.486 e. The summed E-state index contributed by atoms with van der Waals surface area (Å²) in [6, 6.07) is 5.28. The molecule has 0 saturated heterocycles. The van der Waals surface area contributed by atoms with Gasteiger partial charge in [0.15, 0.2) is 11.5 Å². The maximum Gasteiger partial charge on any atom is 0.273 e. The highest BCUT2D eigenvalue weighted by molar-refractivity contribution is 7.98. The number of carbonyl (C=O) groups excluding carboxylic acids is 1. The second-order valence-corrected chi connectivity index (χ2v) is 4.97. The Kier molecular flexibility index (Phi) is 3.51. The number of carbonyl (C=O) groups is 1. The number of rotatable bonds is 3. The maximum atomic E-state index is 12.0. The normalized spacial score (nSPS) is 13.1. The molecule has 1 aromatic heterocycles. The van der Waals surface area contributed by atoms with Crippen LogP contribution in [0.4, 0.5) is 5.69 Å². The van der Waals surface area contributed by atoms with Gasteiger partial charge in [-0.05, 0) is 18.4 Å². The van der Waals surface area contributed by atoms with Crippen molar-refractivity contribution in [3.05, 3.63) is 30.1 Å². The van der Waals surface area contributed by atoms with Gasteiger partial charge in [-0.2, -0.15) is 5.10 Å². The van der Waals surface area contributed by atoms with Gasteiger partial charge in [-0.25, -0.2) is 0 Å². The largest absolute Gasteiger partial charge is 0.486 e. The molecule has 0 saturated carbocycles. The van der Waals surface area contributed by atoms with Gasteiger partial charge in [-0.15, -0.1) is 11.8 Å². The van der Waals surface area contributed by atoms with Gasteiger partial charge >= 0.3 is 0 Å². The van der Waals surface area contributed by atoms with Crippen molar-refractivity contribution in [2.75, 3.05) is 24.8 Å². The van der Waals surface area contributed by atoms with E-state index in [9.17, 15) is 4.79 Å². The zero-order valence-corrected chi connectivity index (χ0v) is 11.6. The van der Waals surface area contributed by atoms with Gasteiger partial charge in [0, 0.05) is 17.2 Å². The van der Waals surface area contributed by atoms with Crippen LogP contribution in [0.2, 0.25) is 0 Å². The lowest BCUT2D eigenvalue weighted by Gasteiger charge is -2.20. The quantitative estimate of drug-likeness (QED) is 0.847. The van der Waals surface area contributed by atoms with Crippen LogP contribution in [0.25, 0.3) is 0 Å². The van der Waals surface area contributed by atoms with E-state index in [0.717, 1.165) is 4.90 Å². The first-order valence-electron chi connectivity index (χ1n) is 6.06. The summed E-state index contributed by atoms with van der Waals surface area (Å²) in [5.74, 6) is 1.11. The fourth-order valence-corrected chi connectivity index (χ4v) is 2.46. The Hall–Kier alpha value is -2.15. The molecule has 1 aromatic carbocycles. The predicted molar refractivity (Wildman–Crippen MR) is 75.8 cm³/mol. The number of aromatic nitrogens is 2. The van der Waals surface area contributed by atoms with E-state index in [2.05, 4.69) is 15.5 Å². The molecule has 2 heterocycles. The summed E-state index contributed by atoms with van der Waals surface area (Å²) in [5.41, 5.74) is 1.10.